The summed E-state index contributed by atoms with van der Waals surface area (Å²) in [5.74, 6) is -1.35. The first-order valence-corrected chi connectivity index (χ1v) is 6.83. The Labute approximate surface area is 107 Å². The molecule has 0 saturated carbocycles. The zero-order valence-electron chi connectivity index (χ0n) is 9.93. The quantitative estimate of drug-likeness (QED) is 0.461. The van der Waals surface area contributed by atoms with Gasteiger partial charge in [0.05, 0.1) is 0 Å². The minimum atomic E-state index is -4.41. The molecule has 1 atom stereocenters. The molecule has 2 aromatic heterocycles. The Morgan fingerprint density at radius 2 is 2.21 bits per heavy atom. The number of fused-ring (bicyclic) bond motifs is 1. The molecule has 0 fully saturated rings. The van der Waals surface area contributed by atoms with Crippen molar-refractivity contribution in [1.29, 1.82) is 0 Å². The Hall–Kier alpha value is -1.96. The number of rotatable bonds is 4. The van der Waals surface area contributed by atoms with Gasteiger partial charge in [0.1, 0.15) is 17.4 Å². The van der Waals surface area contributed by atoms with Crippen LogP contribution in [0.2, 0.25) is 0 Å². The van der Waals surface area contributed by atoms with E-state index in [1.54, 1.807) is 0 Å². The van der Waals surface area contributed by atoms with E-state index in [1.165, 1.54) is 11.9 Å². The maximum absolute atomic E-state index is 11.4. The normalized spacial score (nSPS) is 13.4. The molecule has 0 amide bonds. The largest absolute Gasteiger partial charge is 0.492 e. The summed E-state index contributed by atoms with van der Waals surface area (Å²) in [5, 5.41) is 15.9. The van der Waals surface area contributed by atoms with E-state index in [0.29, 0.717) is 0 Å². The number of H-pyrrole nitrogens is 1. The fraction of sp³-hybridized carbons (Fsp3) is 0.222. The van der Waals surface area contributed by atoms with E-state index in [2.05, 4.69) is 26.7 Å². The van der Waals surface area contributed by atoms with Gasteiger partial charge in [-0.15, -0.1) is 6.58 Å². The van der Waals surface area contributed by atoms with Crippen LogP contribution in [-0.4, -0.2) is 47.9 Å². The van der Waals surface area contributed by atoms with Gasteiger partial charge in [0.25, 0.3) is 0 Å². The highest BCUT2D eigenvalue weighted by Crippen LogP contribution is 2.44. The van der Waals surface area contributed by atoms with Crippen LogP contribution in [0, 0.1) is 0 Å². The monoisotopic (exact) mass is 285 g/mol. The van der Waals surface area contributed by atoms with Crippen LogP contribution >= 0.6 is 7.60 Å². The molecule has 0 spiro atoms. The van der Waals surface area contributed by atoms with Gasteiger partial charge in [-0.05, 0) is 0 Å². The molecular formula is C9H12N5O4P. The van der Waals surface area contributed by atoms with Crippen molar-refractivity contribution in [3.63, 3.8) is 0 Å². The van der Waals surface area contributed by atoms with Gasteiger partial charge in [0.15, 0.2) is 11.6 Å². The molecule has 10 heteroatoms. The number of anilines is 1. The molecule has 102 valence electrons. The van der Waals surface area contributed by atoms with E-state index in [4.69, 9.17) is 0 Å². The van der Waals surface area contributed by atoms with Crippen LogP contribution in [-0.2, 0) is 4.57 Å². The SMILES string of the molecule is C=CC(N(C)c1n[nH]c2c(O)ncnc12)P(=O)(O)O. The summed E-state index contributed by atoms with van der Waals surface area (Å²) in [4.78, 5) is 27.2. The van der Waals surface area contributed by atoms with Crippen LogP contribution in [0.25, 0.3) is 11.0 Å². The number of nitrogens with one attached hydrogen (secondary N) is 1. The van der Waals surface area contributed by atoms with Gasteiger partial charge in [-0.25, -0.2) is 9.97 Å². The molecule has 4 N–H and O–H groups in total. The van der Waals surface area contributed by atoms with Gasteiger partial charge >= 0.3 is 7.60 Å². The van der Waals surface area contributed by atoms with Crippen molar-refractivity contribution < 1.29 is 19.5 Å². The second-order valence-electron chi connectivity index (χ2n) is 3.82. The Morgan fingerprint density at radius 3 is 2.79 bits per heavy atom. The van der Waals surface area contributed by atoms with Gasteiger partial charge in [-0.2, -0.15) is 5.10 Å². The lowest BCUT2D eigenvalue weighted by Crippen LogP contribution is -2.30. The van der Waals surface area contributed by atoms with E-state index in [-0.39, 0.29) is 22.7 Å². The molecule has 0 aliphatic heterocycles. The third kappa shape index (κ3) is 2.30. The maximum Gasteiger partial charge on any atom is 0.351 e. The summed E-state index contributed by atoms with van der Waals surface area (Å²) < 4.78 is 11.4. The standard InChI is InChI=1S/C9H12N5O4P/c1-3-5(19(16,17)18)14(2)8-6-7(12-13-8)9(15)11-4-10-6/h3-5H,1H2,2H3,(H,12,13)(H,10,11,15)(H2,16,17,18). The summed E-state index contributed by atoms with van der Waals surface area (Å²) in [6.45, 7) is 3.40. The van der Waals surface area contributed by atoms with Crippen LogP contribution in [0.1, 0.15) is 0 Å². The predicted octanol–water partition coefficient (Wildman–Crippen LogP) is 0.184. The highest BCUT2D eigenvalue weighted by atomic mass is 31.2. The Bertz CT molecular complexity index is 666. The average molecular weight is 285 g/mol. The summed E-state index contributed by atoms with van der Waals surface area (Å²) in [6.07, 6.45) is 2.26. The molecule has 19 heavy (non-hydrogen) atoms. The van der Waals surface area contributed by atoms with Crippen molar-refractivity contribution in [2.75, 3.05) is 11.9 Å². The van der Waals surface area contributed by atoms with Crippen LogP contribution < -0.4 is 4.90 Å². The highest BCUT2D eigenvalue weighted by molar-refractivity contribution is 7.53. The third-order valence-corrected chi connectivity index (χ3v) is 3.85. The second-order valence-corrected chi connectivity index (χ2v) is 5.52. The smallest absolute Gasteiger partial charge is 0.351 e. The lowest BCUT2D eigenvalue weighted by Gasteiger charge is -2.25. The molecule has 2 aromatic rings. The molecular weight excluding hydrogens is 273 g/mol. The number of hydrogen-bond acceptors (Lipinski definition) is 6. The topological polar surface area (TPSA) is 135 Å². The van der Waals surface area contributed by atoms with Crippen LogP contribution in [0.3, 0.4) is 0 Å². The lowest BCUT2D eigenvalue weighted by molar-refractivity contribution is 0.364. The zero-order valence-corrected chi connectivity index (χ0v) is 10.8. The van der Waals surface area contributed by atoms with Crippen molar-refractivity contribution >= 4 is 24.4 Å². The van der Waals surface area contributed by atoms with Crippen molar-refractivity contribution in [3.05, 3.63) is 19.0 Å². The van der Waals surface area contributed by atoms with E-state index >= 15 is 0 Å². The molecule has 0 bridgehead atoms. The fourth-order valence-corrected chi connectivity index (χ4v) is 2.54. The highest BCUT2D eigenvalue weighted by Gasteiger charge is 2.32. The number of aromatic nitrogens is 4. The first-order chi connectivity index (χ1) is 8.86. The fourth-order valence-electron chi connectivity index (χ4n) is 1.70. The molecule has 9 nitrogen and oxygen atoms in total. The van der Waals surface area contributed by atoms with Gasteiger partial charge < -0.3 is 19.8 Å². The number of likely N-dealkylation sites (N-methyl/N-ethyl adjacent to an activating group) is 1. The van der Waals surface area contributed by atoms with E-state index in [1.807, 2.05) is 0 Å². The molecule has 2 rings (SSSR count). The minimum Gasteiger partial charge on any atom is -0.492 e. The molecule has 2 heterocycles. The number of hydrogen-bond donors (Lipinski definition) is 4. The predicted molar refractivity (Wildman–Crippen MR) is 67.8 cm³/mol. The van der Waals surface area contributed by atoms with Gasteiger partial charge in [0, 0.05) is 7.05 Å². The lowest BCUT2D eigenvalue weighted by atomic mass is 10.4. The summed E-state index contributed by atoms with van der Waals surface area (Å²) in [5.41, 5.74) is 0.452. The van der Waals surface area contributed by atoms with Gasteiger partial charge in [-0.3, -0.25) is 9.66 Å². The Morgan fingerprint density at radius 1 is 1.53 bits per heavy atom. The van der Waals surface area contributed by atoms with Crippen molar-refractivity contribution in [2.24, 2.45) is 0 Å². The number of aromatic amines is 1. The number of aromatic hydroxyl groups is 1. The molecule has 0 saturated heterocycles. The molecule has 0 aliphatic rings. The maximum atomic E-state index is 11.4. The third-order valence-electron chi connectivity index (χ3n) is 2.60. The van der Waals surface area contributed by atoms with Crippen molar-refractivity contribution in [3.8, 4) is 5.88 Å². The molecule has 1 unspecified atom stereocenters. The van der Waals surface area contributed by atoms with Crippen LogP contribution in [0.15, 0.2) is 19.0 Å². The van der Waals surface area contributed by atoms with Gasteiger partial charge in [-0.1, -0.05) is 6.08 Å². The van der Waals surface area contributed by atoms with E-state index in [9.17, 15) is 19.5 Å². The Balaban J connectivity index is 2.53. The Kier molecular flexibility index (Phi) is 3.27. The first-order valence-electron chi connectivity index (χ1n) is 5.15. The van der Waals surface area contributed by atoms with Gasteiger partial charge in [0.2, 0.25) is 5.88 Å². The average Bonchev–Trinajstić information content (AvgIpc) is 2.73. The molecule has 0 aromatic carbocycles. The number of nitrogens with zero attached hydrogens (tertiary/aromatic N) is 4. The van der Waals surface area contributed by atoms with Crippen molar-refractivity contribution in [2.45, 2.75) is 5.78 Å². The van der Waals surface area contributed by atoms with E-state index in [0.717, 1.165) is 12.4 Å². The summed E-state index contributed by atoms with van der Waals surface area (Å²) in [7, 11) is -2.97. The van der Waals surface area contributed by atoms with Crippen LogP contribution in [0.4, 0.5) is 5.82 Å². The molecule has 0 aliphatic carbocycles. The van der Waals surface area contributed by atoms with E-state index < -0.39 is 13.4 Å². The first kappa shape index (κ1) is 13.5. The zero-order chi connectivity index (χ0) is 14.2. The summed E-state index contributed by atoms with van der Waals surface area (Å²) >= 11 is 0. The van der Waals surface area contributed by atoms with Crippen LogP contribution in [0.5, 0.6) is 5.88 Å². The summed E-state index contributed by atoms with van der Waals surface area (Å²) in [6, 6.07) is 0. The molecule has 0 radical (unpaired) electrons. The van der Waals surface area contributed by atoms with Crippen molar-refractivity contribution in [1.82, 2.24) is 20.2 Å². The second kappa shape index (κ2) is 4.61. The minimum absolute atomic E-state index is 0.181.